The summed E-state index contributed by atoms with van der Waals surface area (Å²) in [4.78, 5) is 15.1. The van der Waals surface area contributed by atoms with Gasteiger partial charge in [-0.15, -0.1) is 5.10 Å². The van der Waals surface area contributed by atoms with Crippen LogP contribution in [0.15, 0.2) is 59.8 Å². The number of benzene rings is 2. The van der Waals surface area contributed by atoms with E-state index in [-0.39, 0.29) is 5.91 Å². The van der Waals surface area contributed by atoms with E-state index >= 15 is 0 Å². The highest BCUT2D eigenvalue weighted by Crippen LogP contribution is 2.37. The van der Waals surface area contributed by atoms with Gasteiger partial charge in [0.25, 0.3) is 0 Å². The Balaban J connectivity index is 1.98. The van der Waals surface area contributed by atoms with E-state index in [9.17, 15) is 4.79 Å². The molecule has 1 amide bonds. The largest absolute Gasteiger partial charge is 0.492 e. The SMILES string of the molecule is CCOc1ccccc1-n1nnnc1SC(C(=O)N(CC)CC)c1ccccc1. The van der Waals surface area contributed by atoms with Gasteiger partial charge in [0.2, 0.25) is 11.1 Å². The van der Waals surface area contributed by atoms with Crippen molar-refractivity contribution >= 4 is 17.7 Å². The number of nitrogens with zero attached hydrogens (tertiary/aromatic N) is 5. The topological polar surface area (TPSA) is 73.1 Å². The summed E-state index contributed by atoms with van der Waals surface area (Å²) in [6, 6.07) is 17.3. The van der Waals surface area contributed by atoms with Crippen molar-refractivity contribution in [2.45, 2.75) is 31.2 Å². The van der Waals surface area contributed by atoms with Crippen LogP contribution in [0.25, 0.3) is 5.69 Å². The van der Waals surface area contributed by atoms with Gasteiger partial charge in [0, 0.05) is 13.1 Å². The normalized spacial score (nSPS) is 11.8. The zero-order chi connectivity index (χ0) is 20.6. The molecule has 0 spiro atoms. The molecule has 0 N–H and O–H groups in total. The summed E-state index contributed by atoms with van der Waals surface area (Å²) < 4.78 is 7.35. The predicted molar refractivity (Wildman–Crippen MR) is 113 cm³/mol. The van der Waals surface area contributed by atoms with E-state index in [0.29, 0.717) is 30.6 Å². The van der Waals surface area contributed by atoms with Gasteiger partial charge in [-0.3, -0.25) is 4.79 Å². The zero-order valence-corrected chi connectivity index (χ0v) is 17.7. The average molecular weight is 412 g/mol. The Morgan fingerprint density at radius 3 is 2.45 bits per heavy atom. The van der Waals surface area contributed by atoms with Crippen molar-refractivity contribution in [1.29, 1.82) is 0 Å². The molecule has 1 aromatic heterocycles. The van der Waals surface area contributed by atoms with Crippen molar-refractivity contribution in [2.75, 3.05) is 19.7 Å². The number of ether oxygens (including phenoxy) is 1. The number of carbonyl (C=O) groups excluding carboxylic acids is 1. The van der Waals surface area contributed by atoms with Gasteiger partial charge in [-0.05, 0) is 48.9 Å². The van der Waals surface area contributed by atoms with E-state index in [2.05, 4.69) is 15.5 Å². The number of hydrogen-bond donors (Lipinski definition) is 0. The number of thioether (sulfide) groups is 1. The van der Waals surface area contributed by atoms with Crippen molar-refractivity contribution in [3.8, 4) is 11.4 Å². The molecule has 29 heavy (non-hydrogen) atoms. The Morgan fingerprint density at radius 1 is 1.07 bits per heavy atom. The lowest BCUT2D eigenvalue weighted by atomic mass is 10.1. The Kier molecular flexibility index (Phi) is 7.24. The molecule has 0 bridgehead atoms. The smallest absolute Gasteiger partial charge is 0.240 e. The van der Waals surface area contributed by atoms with Gasteiger partial charge in [0.1, 0.15) is 16.7 Å². The summed E-state index contributed by atoms with van der Waals surface area (Å²) >= 11 is 1.34. The lowest BCUT2D eigenvalue weighted by molar-refractivity contribution is -0.130. The van der Waals surface area contributed by atoms with Gasteiger partial charge in [-0.25, -0.2) is 0 Å². The minimum atomic E-state index is -0.444. The second kappa shape index (κ2) is 10.1. The number of para-hydroxylation sites is 2. The quantitative estimate of drug-likeness (QED) is 0.499. The van der Waals surface area contributed by atoms with Crippen LogP contribution in [0.3, 0.4) is 0 Å². The van der Waals surface area contributed by atoms with Crippen molar-refractivity contribution < 1.29 is 9.53 Å². The molecule has 1 atom stereocenters. The molecule has 0 fully saturated rings. The molecule has 8 heteroatoms. The summed E-state index contributed by atoms with van der Waals surface area (Å²) in [5, 5.41) is 12.3. The van der Waals surface area contributed by atoms with Crippen molar-refractivity contribution in [3.63, 3.8) is 0 Å². The number of carbonyl (C=O) groups is 1. The average Bonchev–Trinajstić information content (AvgIpc) is 3.22. The van der Waals surface area contributed by atoms with Crippen molar-refractivity contribution in [2.24, 2.45) is 0 Å². The van der Waals surface area contributed by atoms with Crippen molar-refractivity contribution in [3.05, 3.63) is 60.2 Å². The van der Waals surface area contributed by atoms with Crippen LogP contribution in [0.1, 0.15) is 31.6 Å². The first kappa shape index (κ1) is 20.9. The Labute approximate surface area is 175 Å². The Morgan fingerprint density at radius 2 is 1.76 bits per heavy atom. The molecule has 1 unspecified atom stereocenters. The number of rotatable bonds is 9. The molecule has 0 aliphatic rings. The monoisotopic (exact) mass is 411 g/mol. The molecule has 3 rings (SSSR count). The van der Waals surface area contributed by atoms with Crippen LogP contribution >= 0.6 is 11.8 Å². The van der Waals surface area contributed by atoms with E-state index in [0.717, 1.165) is 11.3 Å². The first-order valence-corrected chi connectivity index (χ1v) is 10.6. The minimum Gasteiger partial charge on any atom is -0.492 e. The fraction of sp³-hybridized carbons (Fsp3) is 0.333. The van der Waals surface area contributed by atoms with Gasteiger partial charge < -0.3 is 9.64 Å². The van der Waals surface area contributed by atoms with Crippen LogP contribution in [0, 0.1) is 0 Å². The minimum absolute atomic E-state index is 0.0406. The second-order valence-electron chi connectivity index (χ2n) is 6.19. The van der Waals surface area contributed by atoms with Crippen LogP contribution in [-0.2, 0) is 4.79 Å². The Bertz CT molecular complexity index is 928. The fourth-order valence-electron chi connectivity index (χ4n) is 3.01. The van der Waals surface area contributed by atoms with Gasteiger partial charge in [0.05, 0.1) is 6.61 Å². The van der Waals surface area contributed by atoms with Crippen LogP contribution in [0.4, 0.5) is 0 Å². The summed E-state index contributed by atoms with van der Waals surface area (Å²) in [5.74, 6) is 0.731. The molecule has 1 heterocycles. The highest BCUT2D eigenvalue weighted by molar-refractivity contribution is 8.00. The summed E-state index contributed by atoms with van der Waals surface area (Å²) in [6.07, 6.45) is 0. The van der Waals surface area contributed by atoms with E-state index in [1.165, 1.54) is 11.8 Å². The van der Waals surface area contributed by atoms with E-state index < -0.39 is 5.25 Å². The first-order chi connectivity index (χ1) is 14.2. The summed E-state index contributed by atoms with van der Waals surface area (Å²) in [6.45, 7) is 7.73. The lowest BCUT2D eigenvalue weighted by Gasteiger charge is -2.24. The van der Waals surface area contributed by atoms with Gasteiger partial charge in [0.15, 0.2) is 0 Å². The van der Waals surface area contributed by atoms with E-state index in [1.807, 2.05) is 80.3 Å². The standard InChI is InChI=1S/C21H25N5O2S/c1-4-25(5-2)20(27)19(16-12-8-7-9-13-16)29-21-22-23-24-26(21)17-14-10-11-15-18(17)28-6-3/h7-15,19H,4-6H2,1-3H3. The van der Waals surface area contributed by atoms with Gasteiger partial charge in [-0.1, -0.05) is 54.2 Å². The third-order valence-corrected chi connectivity index (χ3v) is 5.63. The molecule has 0 saturated heterocycles. The van der Waals surface area contributed by atoms with Crippen LogP contribution < -0.4 is 4.74 Å². The van der Waals surface area contributed by atoms with Crippen molar-refractivity contribution in [1.82, 2.24) is 25.1 Å². The molecule has 2 aromatic carbocycles. The number of likely N-dealkylation sites (N-methyl/N-ethyl adjacent to an activating group) is 1. The highest BCUT2D eigenvalue weighted by Gasteiger charge is 2.28. The molecule has 0 aliphatic heterocycles. The number of amides is 1. The Hall–Kier alpha value is -2.87. The van der Waals surface area contributed by atoms with Crippen LogP contribution in [0.2, 0.25) is 0 Å². The molecule has 3 aromatic rings. The van der Waals surface area contributed by atoms with E-state index in [4.69, 9.17) is 4.74 Å². The molecule has 0 saturated carbocycles. The molecule has 0 radical (unpaired) electrons. The predicted octanol–water partition coefficient (Wildman–Crippen LogP) is 3.76. The molecule has 0 aliphatic carbocycles. The van der Waals surface area contributed by atoms with Crippen LogP contribution in [0.5, 0.6) is 5.75 Å². The first-order valence-electron chi connectivity index (χ1n) is 9.70. The lowest BCUT2D eigenvalue weighted by Crippen LogP contribution is -2.34. The maximum absolute atomic E-state index is 13.3. The van der Waals surface area contributed by atoms with Crippen LogP contribution in [-0.4, -0.2) is 50.7 Å². The number of aromatic nitrogens is 4. The third-order valence-electron chi connectivity index (χ3n) is 4.46. The fourth-order valence-corrected chi connectivity index (χ4v) is 4.08. The zero-order valence-electron chi connectivity index (χ0n) is 16.9. The van der Waals surface area contributed by atoms with Gasteiger partial charge >= 0.3 is 0 Å². The summed E-state index contributed by atoms with van der Waals surface area (Å²) in [5.41, 5.74) is 1.66. The molecule has 7 nitrogen and oxygen atoms in total. The number of tetrazole rings is 1. The van der Waals surface area contributed by atoms with Gasteiger partial charge in [-0.2, -0.15) is 4.68 Å². The maximum Gasteiger partial charge on any atom is 0.240 e. The summed E-state index contributed by atoms with van der Waals surface area (Å²) in [7, 11) is 0. The second-order valence-corrected chi connectivity index (χ2v) is 7.27. The molecular formula is C21H25N5O2S. The maximum atomic E-state index is 13.3. The number of hydrogen-bond acceptors (Lipinski definition) is 6. The third kappa shape index (κ3) is 4.76. The molecular weight excluding hydrogens is 386 g/mol. The van der Waals surface area contributed by atoms with E-state index in [1.54, 1.807) is 4.68 Å². The molecule has 152 valence electrons. The highest BCUT2D eigenvalue weighted by atomic mass is 32.2.